The second-order valence-corrected chi connectivity index (χ2v) is 8.65. The first-order chi connectivity index (χ1) is 14.5. The Kier molecular flexibility index (Phi) is 9.95. The molecule has 2 amide bonds. The SMILES string of the molecule is CC[C@H](C)NC(=O)[C@H](CC)N(Cc1ccccc1)C(=O)CSCc1ccccc1C. The van der Waals surface area contributed by atoms with Gasteiger partial charge in [0.15, 0.2) is 0 Å². The van der Waals surface area contributed by atoms with Crippen molar-refractivity contribution < 1.29 is 9.59 Å². The quantitative estimate of drug-likeness (QED) is 0.553. The van der Waals surface area contributed by atoms with Crippen LogP contribution < -0.4 is 5.32 Å². The molecule has 4 nitrogen and oxygen atoms in total. The molecule has 2 atom stereocenters. The molecular weight excluding hydrogens is 392 g/mol. The molecule has 5 heteroatoms. The molecule has 2 rings (SSSR count). The van der Waals surface area contributed by atoms with E-state index in [1.165, 1.54) is 11.1 Å². The number of hydrogen-bond donors (Lipinski definition) is 1. The van der Waals surface area contributed by atoms with E-state index in [-0.39, 0.29) is 17.9 Å². The molecule has 0 saturated carbocycles. The smallest absolute Gasteiger partial charge is 0.243 e. The van der Waals surface area contributed by atoms with Gasteiger partial charge in [-0.1, -0.05) is 68.4 Å². The number of amides is 2. The lowest BCUT2D eigenvalue weighted by Gasteiger charge is -2.31. The zero-order valence-corrected chi connectivity index (χ0v) is 19.4. The van der Waals surface area contributed by atoms with E-state index in [0.29, 0.717) is 18.7 Å². The van der Waals surface area contributed by atoms with Crippen LogP contribution in [0.15, 0.2) is 54.6 Å². The van der Waals surface area contributed by atoms with E-state index in [2.05, 4.69) is 24.4 Å². The normalized spacial score (nSPS) is 12.8. The lowest BCUT2D eigenvalue weighted by atomic mass is 10.1. The predicted octanol–water partition coefficient (Wildman–Crippen LogP) is 4.95. The van der Waals surface area contributed by atoms with Gasteiger partial charge in [0.25, 0.3) is 0 Å². The minimum absolute atomic E-state index is 0.00332. The molecule has 1 N–H and O–H groups in total. The topological polar surface area (TPSA) is 49.4 Å². The summed E-state index contributed by atoms with van der Waals surface area (Å²) in [5, 5.41) is 3.05. The summed E-state index contributed by atoms with van der Waals surface area (Å²) in [4.78, 5) is 27.9. The van der Waals surface area contributed by atoms with Crippen LogP contribution in [0.4, 0.5) is 0 Å². The molecule has 0 aliphatic carbocycles. The Morgan fingerprint density at radius 2 is 1.67 bits per heavy atom. The maximum Gasteiger partial charge on any atom is 0.243 e. The van der Waals surface area contributed by atoms with E-state index in [0.717, 1.165) is 17.7 Å². The summed E-state index contributed by atoms with van der Waals surface area (Å²) in [6.45, 7) is 8.53. The number of nitrogens with one attached hydrogen (secondary N) is 1. The van der Waals surface area contributed by atoms with Crippen LogP contribution in [0, 0.1) is 6.92 Å². The van der Waals surface area contributed by atoms with E-state index in [1.54, 1.807) is 16.7 Å². The van der Waals surface area contributed by atoms with Gasteiger partial charge >= 0.3 is 0 Å². The molecule has 0 bridgehead atoms. The highest BCUT2D eigenvalue weighted by Crippen LogP contribution is 2.19. The minimum Gasteiger partial charge on any atom is -0.352 e. The van der Waals surface area contributed by atoms with Crippen molar-refractivity contribution in [1.29, 1.82) is 0 Å². The number of carbonyl (C=O) groups excluding carboxylic acids is 2. The van der Waals surface area contributed by atoms with Crippen molar-refractivity contribution in [2.45, 2.75) is 64.9 Å². The standard InChI is InChI=1S/C25H34N2O2S/c1-5-20(4)26-25(29)23(6-2)27(16-21-13-8-7-9-14-21)24(28)18-30-17-22-15-11-10-12-19(22)3/h7-15,20,23H,5-6,16-18H2,1-4H3,(H,26,29)/t20-,23-/m0/s1. The van der Waals surface area contributed by atoms with Gasteiger partial charge in [-0.15, -0.1) is 11.8 Å². The van der Waals surface area contributed by atoms with Gasteiger partial charge in [-0.2, -0.15) is 0 Å². The first kappa shape index (κ1) is 24.0. The first-order valence-electron chi connectivity index (χ1n) is 10.7. The first-order valence-corrected chi connectivity index (χ1v) is 11.9. The van der Waals surface area contributed by atoms with Crippen molar-refractivity contribution >= 4 is 23.6 Å². The van der Waals surface area contributed by atoms with Crippen LogP contribution in [0.3, 0.4) is 0 Å². The Morgan fingerprint density at radius 1 is 1.00 bits per heavy atom. The highest BCUT2D eigenvalue weighted by atomic mass is 32.2. The fourth-order valence-electron chi connectivity index (χ4n) is 3.24. The largest absolute Gasteiger partial charge is 0.352 e. The van der Waals surface area contributed by atoms with Crippen LogP contribution in [0.25, 0.3) is 0 Å². The van der Waals surface area contributed by atoms with Gasteiger partial charge in [-0.25, -0.2) is 0 Å². The summed E-state index contributed by atoms with van der Waals surface area (Å²) < 4.78 is 0. The predicted molar refractivity (Wildman–Crippen MR) is 126 cm³/mol. The average molecular weight is 427 g/mol. The van der Waals surface area contributed by atoms with Gasteiger partial charge in [-0.05, 0) is 43.4 Å². The second-order valence-electron chi connectivity index (χ2n) is 7.67. The van der Waals surface area contributed by atoms with Gasteiger partial charge in [0.05, 0.1) is 5.75 Å². The summed E-state index contributed by atoms with van der Waals surface area (Å²) in [6, 6.07) is 17.8. The van der Waals surface area contributed by atoms with Crippen molar-refractivity contribution in [3.8, 4) is 0 Å². The molecule has 0 saturated heterocycles. The highest BCUT2D eigenvalue weighted by Gasteiger charge is 2.29. The minimum atomic E-state index is -0.467. The van der Waals surface area contributed by atoms with Crippen LogP contribution in [0.5, 0.6) is 0 Å². The van der Waals surface area contributed by atoms with E-state index in [4.69, 9.17) is 0 Å². The monoisotopic (exact) mass is 426 g/mol. The van der Waals surface area contributed by atoms with Crippen molar-refractivity contribution in [3.63, 3.8) is 0 Å². The van der Waals surface area contributed by atoms with E-state index < -0.39 is 6.04 Å². The molecule has 0 aliphatic rings. The van der Waals surface area contributed by atoms with Crippen LogP contribution >= 0.6 is 11.8 Å². The molecule has 162 valence electrons. The molecule has 2 aromatic carbocycles. The van der Waals surface area contributed by atoms with Crippen molar-refractivity contribution in [2.75, 3.05) is 5.75 Å². The summed E-state index contributed by atoms with van der Waals surface area (Å²) in [6.07, 6.45) is 1.45. The number of carbonyl (C=O) groups is 2. The van der Waals surface area contributed by atoms with Gasteiger partial charge in [0.1, 0.15) is 6.04 Å². The molecule has 0 radical (unpaired) electrons. The van der Waals surface area contributed by atoms with Crippen LogP contribution in [0.2, 0.25) is 0 Å². The van der Waals surface area contributed by atoms with E-state index in [9.17, 15) is 9.59 Å². The van der Waals surface area contributed by atoms with Crippen LogP contribution in [-0.4, -0.2) is 34.6 Å². The number of rotatable bonds is 11. The summed E-state index contributed by atoms with van der Waals surface area (Å²) in [7, 11) is 0. The second kappa shape index (κ2) is 12.4. The average Bonchev–Trinajstić information content (AvgIpc) is 2.75. The van der Waals surface area contributed by atoms with E-state index >= 15 is 0 Å². The maximum absolute atomic E-state index is 13.2. The Bertz CT molecular complexity index is 810. The third kappa shape index (κ3) is 7.21. The third-order valence-electron chi connectivity index (χ3n) is 5.33. The van der Waals surface area contributed by atoms with Gasteiger partial charge in [-0.3, -0.25) is 9.59 Å². The van der Waals surface area contributed by atoms with Gasteiger partial charge in [0.2, 0.25) is 11.8 Å². The number of thioether (sulfide) groups is 1. The fraction of sp³-hybridized carbons (Fsp3) is 0.440. The number of nitrogens with zero attached hydrogens (tertiary/aromatic N) is 1. The number of aryl methyl sites for hydroxylation is 1. The molecule has 30 heavy (non-hydrogen) atoms. The molecule has 0 heterocycles. The van der Waals surface area contributed by atoms with Crippen molar-refractivity contribution in [1.82, 2.24) is 10.2 Å². The Labute approximate surface area is 185 Å². The number of benzene rings is 2. The van der Waals surface area contributed by atoms with Crippen molar-refractivity contribution in [2.24, 2.45) is 0 Å². The summed E-state index contributed by atoms with van der Waals surface area (Å²) in [5.41, 5.74) is 3.51. The molecule has 0 spiro atoms. The van der Waals surface area contributed by atoms with Gasteiger partial charge in [0, 0.05) is 18.3 Å². The zero-order valence-electron chi connectivity index (χ0n) is 18.6. The molecule has 0 aromatic heterocycles. The van der Waals surface area contributed by atoms with Crippen LogP contribution in [-0.2, 0) is 21.9 Å². The Morgan fingerprint density at radius 3 is 2.30 bits per heavy atom. The zero-order chi connectivity index (χ0) is 21.9. The molecule has 0 unspecified atom stereocenters. The van der Waals surface area contributed by atoms with Crippen molar-refractivity contribution in [3.05, 3.63) is 71.3 Å². The third-order valence-corrected chi connectivity index (χ3v) is 6.29. The molecule has 2 aromatic rings. The number of hydrogen-bond acceptors (Lipinski definition) is 3. The fourth-order valence-corrected chi connectivity index (χ4v) is 4.23. The van der Waals surface area contributed by atoms with E-state index in [1.807, 2.05) is 63.2 Å². The Hall–Kier alpha value is -2.27. The summed E-state index contributed by atoms with van der Waals surface area (Å²) >= 11 is 1.60. The lowest BCUT2D eigenvalue weighted by Crippen LogP contribution is -2.51. The van der Waals surface area contributed by atoms with Gasteiger partial charge < -0.3 is 10.2 Å². The van der Waals surface area contributed by atoms with Crippen LogP contribution in [0.1, 0.15) is 50.3 Å². The lowest BCUT2D eigenvalue weighted by molar-refractivity contribution is -0.139. The highest BCUT2D eigenvalue weighted by molar-refractivity contribution is 7.99. The molecule has 0 fully saturated rings. The Balaban J connectivity index is 2.11. The molecular formula is C25H34N2O2S. The summed E-state index contributed by atoms with van der Waals surface area (Å²) in [5.74, 6) is 1.07. The molecule has 0 aliphatic heterocycles. The maximum atomic E-state index is 13.2.